The molecule has 7 heteroatoms. The van der Waals surface area contributed by atoms with Gasteiger partial charge < -0.3 is 16.0 Å². The Morgan fingerprint density at radius 1 is 1.24 bits per heavy atom. The quantitative estimate of drug-likeness (QED) is 0.243. The van der Waals surface area contributed by atoms with Crippen LogP contribution in [0.3, 0.4) is 0 Å². The Balaban J connectivity index is 2.40. The van der Waals surface area contributed by atoms with Crippen molar-refractivity contribution in [2.45, 2.75) is 65.8 Å². The van der Waals surface area contributed by atoms with Crippen molar-refractivity contribution in [3.05, 3.63) is 0 Å². The van der Waals surface area contributed by atoms with Crippen molar-refractivity contribution in [1.82, 2.24) is 20.9 Å². The first-order chi connectivity index (χ1) is 11.8. The van der Waals surface area contributed by atoms with Crippen LogP contribution < -0.4 is 16.0 Å². The lowest BCUT2D eigenvalue weighted by Gasteiger charge is -2.19. The number of amides is 3. The lowest BCUT2D eigenvalue weighted by atomic mass is 9.99. The van der Waals surface area contributed by atoms with Gasteiger partial charge in [-0.3, -0.25) is 14.7 Å². The third-order valence-corrected chi connectivity index (χ3v) is 4.46. The average Bonchev–Trinajstić information content (AvgIpc) is 2.78. The number of aliphatic imine (C=N–C) groups is 1. The zero-order valence-electron chi connectivity index (χ0n) is 16.4. The summed E-state index contributed by atoms with van der Waals surface area (Å²) in [6.07, 6.45) is 3.55. The van der Waals surface area contributed by atoms with Gasteiger partial charge in [0.05, 0.1) is 0 Å². The Kier molecular flexibility index (Phi) is 8.72. The Labute approximate surface area is 152 Å². The van der Waals surface area contributed by atoms with E-state index in [1.165, 1.54) is 11.3 Å². The normalized spacial score (nSPS) is 21.0. The minimum atomic E-state index is -0.757. The van der Waals surface area contributed by atoms with Crippen LogP contribution in [0.15, 0.2) is 4.99 Å². The lowest BCUT2D eigenvalue weighted by molar-refractivity contribution is -0.130. The molecule has 1 saturated heterocycles. The van der Waals surface area contributed by atoms with Crippen LogP contribution in [0.5, 0.6) is 0 Å². The summed E-state index contributed by atoms with van der Waals surface area (Å²) < 4.78 is 0. The van der Waals surface area contributed by atoms with Crippen LogP contribution in [0.1, 0.15) is 60.3 Å². The molecule has 144 valence electrons. The molecule has 0 radical (unpaired) electrons. The molecule has 1 atom stereocenters. The molecule has 3 amide bonds. The first-order valence-corrected chi connectivity index (χ1v) is 9.50. The summed E-state index contributed by atoms with van der Waals surface area (Å²) >= 11 is 0. The van der Waals surface area contributed by atoms with Crippen molar-refractivity contribution >= 4 is 17.9 Å². The minimum absolute atomic E-state index is 0.136. The van der Waals surface area contributed by atoms with Gasteiger partial charge in [0.2, 0.25) is 0 Å². The maximum atomic E-state index is 12.3. The number of urea groups is 1. The zero-order chi connectivity index (χ0) is 18.9. The number of nitrogens with one attached hydrogen (secondary N) is 3. The molecule has 7 nitrogen and oxygen atoms in total. The monoisotopic (exact) mass is 353 g/mol. The smallest absolute Gasteiger partial charge is 0.325 e. The van der Waals surface area contributed by atoms with E-state index in [4.69, 9.17) is 0 Å². The third kappa shape index (κ3) is 6.55. The fourth-order valence-electron chi connectivity index (χ4n) is 2.67. The summed E-state index contributed by atoms with van der Waals surface area (Å²) in [7, 11) is 0. The van der Waals surface area contributed by atoms with Crippen LogP contribution in [0.4, 0.5) is 4.79 Å². The fourth-order valence-corrected chi connectivity index (χ4v) is 2.67. The molecular weight excluding hydrogens is 318 g/mol. The van der Waals surface area contributed by atoms with Gasteiger partial charge in [0.15, 0.2) is 5.96 Å². The average molecular weight is 354 g/mol. The number of imide groups is 1. The lowest BCUT2D eigenvalue weighted by Crippen LogP contribution is -2.43. The summed E-state index contributed by atoms with van der Waals surface area (Å²) in [4.78, 5) is 30.1. The van der Waals surface area contributed by atoms with E-state index in [0.717, 1.165) is 25.5 Å². The standard InChI is InChI=1S/C18H35N5O2/c1-6-18(5)15(24)23(17(25)22-18)13-9-12-21-16(19-7-2)20-11-8-10-14(3)4/h14H,6-13H2,1-5H3,(H,22,25)(H2,19,20,21). The number of rotatable bonds is 10. The molecule has 1 rings (SSSR count). The van der Waals surface area contributed by atoms with Crippen molar-refractivity contribution in [2.75, 3.05) is 26.2 Å². The second-order valence-corrected chi connectivity index (χ2v) is 7.15. The minimum Gasteiger partial charge on any atom is -0.357 e. The zero-order valence-corrected chi connectivity index (χ0v) is 16.4. The number of hydrogen-bond donors (Lipinski definition) is 3. The maximum Gasteiger partial charge on any atom is 0.325 e. The summed E-state index contributed by atoms with van der Waals surface area (Å²) in [5.41, 5.74) is -0.757. The van der Waals surface area contributed by atoms with Gasteiger partial charge in [-0.2, -0.15) is 0 Å². The number of carbonyl (C=O) groups excluding carboxylic acids is 2. The molecule has 0 aromatic carbocycles. The molecule has 0 saturated carbocycles. The van der Waals surface area contributed by atoms with E-state index < -0.39 is 5.54 Å². The van der Waals surface area contributed by atoms with Gasteiger partial charge in [-0.15, -0.1) is 0 Å². The molecule has 0 aromatic rings. The molecule has 1 aliphatic heterocycles. The highest BCUT2D eigenvalue weighted by molar-refractivity contribution is 6.06. The molecule has 0 bridgehead atoms. The number of hydrogen-bond acceptors (Lipinski definition) is 3. The van der Waals surface area contributed by atoms with Crippen LogP contribution in [-0.4, -0.2) is 54.5 Å². The maximum absolute atomic E-state index is 12.3. The van der Waals surface area contributed by atoms with Gasteiger partial charge in [-0.1, -0.05) is 20.8 Å². The van der Waals surface area contributed by atoms with Gasteiger partial charge in [0.1, 0.15) is 5.54 Å². The molecule has 0 aliphatic carbocycles. The van der Waals surface area contributed by atoms with E-state index in [-0.39, 0.29) is 11.9 Å². The van der Waals surface area contributed by atoms with E-state index in [1.54, 1.807) is 6.92 Å². The summed E-state index contributed by atoms with van der Waals surface area (Å²) in [6, 6.07) is -0.294. The largest absolute Gasteiger partial charge is 0.357 e. The van der Waals surface area contributed by atoms with Crippen molar-refractivity contribution in [3.8, 4) is 0 Å². The Morgan fingerprint density at radius 2 is 1.96 bits per heavy atom. The van der Waals surface area contributed by atoms with Crippen LogP contribution in [0, 0.1) is 5.92 Å². The van der Waals surface area contributed by atoms with E-state index in [1.807, 2.05) is 13.8 Å². The van der Waals surface area contributed by atoms with E-state index >= 15 is 0 Å². The highest BCUT2D eigenvalue weighted by atomic mass is 16.2. The molecule has 1 fully saturated rings. The fraction of sp³-hybridized carbons (Fsp3) is 0.833. The van der Waals surface area contributed by atoms with E-state index in [0.29, 0.717) is 31.8 Å². The van der Waals surface area contributed by atoms with Crippen molar-refractivity contribution in [1.29, 1.82) is 0 Å². The molecule has 1 aliphatic rings. The van der Waals surface area contributed by atoms with Crippen molar-refractivity contribution in [3.63, 3.8) is 0 Å². The first kappa shape index (κ1) is 21.3. The highest BCUT2D eigenvalue weighted by Gasteiger charge is 2.45. The van der Waals surface area contributed by atoms with Crippen LogP contribution in [-0.2, 0) is 4.79 Å². The number of nitrogens with zero attached hydrogens (tertiary/aromatic N) is 2. The van der Waals surface area contributed by atoms with E-state index in [9.17, 15) is 9.59 Å². The summed E-state index contributed by atoms with van der Waals surface area (Å²) in [5.74, 6) is 1.36. The predicted octanol–water partition coefficient (Wildman–Crippen LogP) is 2.09. The van der Waals surface area contributed by atoms with Crippen LogP contribution >= 0.6 is 0 Å². The van der Waals surface area contributed by atoms with Gasteiger partial charge in [0, 0.05) is 26.2 Å². The Morgan fingerprint density at radius 3 is 2.52 bits per heavy atom. The number of guanidine groups is 1. The molecule has 3 N–H and O–H groups in total. The predicted molar refractivity (Wildman–Crippen MR) is 102 cm³/mol. The molecule has 1 heterocycles. The molecule has 0 aromatic heterocycles. The number of carbonyl (C=O) groups is 2. The van der Waals surface area contributed by atoms with Gasteiger partial charge in [-0.05, 0) is 45.4 Å². The van der Waals surface area contributed by atoms with Crippen molar-refractivity contribution < 1.29 is 9.59 Å². The Hall–Kier alpha value is -1.79. The topological polar surface area (TPSA) is 85.8 Å². The van der Waals surface area contributed by atoms with Crippen molar-refractivity contribution in [2.24, 2.45) is 10.9 Å². The molecule has 0 spiro atoms. The molecular formula is C18H35N5O2. The van der Waals surface area contributed by atoms with E-state index in [2.05, 4.69) is 34.8 Å². The summed E-state index contributed by atoms with van der Waals surface area (Å²) in [6.45, 7) is 12.8. The second-order valence-electron chi connectivity index (χ2n) is 7.15. The third-order valence-electron chi connectivity index (χ3n) is 4.46. The second kappa shape index (κ2) is 10.3. The Bertz CT molecular complexity index is 478. The van der Waals surface area contributed by atoms with Crippen LogP contribution in [0.25, 0.3) is 0 Å². The molecule has 1 unspecified atom stereocenters. The molecule has 25 heavy (non-hydrogen) atoms. The first-order valence-electron chi connectivity index (χ1n) is 9.50. The van der Waals surface area contributed by atoms with Gasteiger partial charge >= 0.3 is 6.03 Å². The summed E-state index contributed by atoms with van der Waals surface area (Å²) in [5, 5.41) is 9.31. The highest BCUT2D eigenvalue weighted by Crippen LogP contribution is 2.20. The van der Waals surface area contributed by atoms with Crippen LogP contribution in [0.2, 0.25) is 0 Å². The van der Waals surface area contributed by atoms with Gasteiger partial charge in [-0.25, -0.2) is 4.79 Å². The van der Waals surface area contributed by atoms with Gasteiger partial charge in [0.25, 0.3) is 5.91 Å². The SMILES string of the molecule is CCNC(=NCCCN1C(=O)NC(C)(CC)C1=O)NCCCC(C)C.